The van der Waals surface area contributed by atoms with E-state index in [-0.39, 0.29) is 11.4 Å². The molecule has 0 saturated heterocycles. The molecule has 0 atom stereocenters. The minimum atomic E-state index is -0.717. The normalized spacial score (nSPS) is 10.2. The monoisotopic (exact) mass is 207 g/mol. The molecule has 76 valence electrons. The van der Waals surface area contributed by atoms with Crippen LogP contribution in [0.2, 0.25) is 0 Å². The lowest BCUT2D eigenvalue weighted by atomic mass is 10.4. The van der Waals surface area contributed by atoms with Crippen molar-refractivity contribution in [3.63, 3.8) is 0 Å². The molecular formula is C8H6FN5O. The summed E-state index contributed by atoms with van der Waals surface area (Å²) < 4.78 is 14.3. The highest BCUT2D eigenvalue weighted by Crippen LogP contribution is 2.08. The van der Waals surface area contributed by atoms with Crippen molar-refractivity contribution in [2.75, 3.05) is 0 Å². The van der Waals surface area contributed by atoms with E-state index in [9.17, 15) is 9.18 Å². The molecule has 2 N–H and O–H groups in total. The van der Waals surface area contributed by atoms with Gasteiger partial charge in [0.15, 0.2) is 5.69 Å². The molecule has 0 aromatic carbocycles. The molecule has 0 radical (unpaired) electrons. The number of nitrogens with zero attached hydrogens (tertiary/aromatic N) is 4. The molecule has 0 aliphatic rings. The van der Waals surface area contributed by atoms with Gasteiger partial charge in [-0.05, 0) is 12.1 Å². The molecule has 2 aromatic heterocycles. The Labute approximate surface area is 83.5 Å². The molecular weight excluding hydrogens is 201 g/mol. The van der Waals surface area contributed by atoms with Crippen LogP contribution in [0.3, 0.4) is 0 Å². The number of amides is 1. The standard InChI is InChI=1S/C8H6FN5O/c9-7-6(2-1-3-11-7)14-4-5(8(10)15)12-13-14/h1-4H,(H2,10,15). The third-order valence-corrected chi connectivity index (χ3v) is 1.73. The van der Waals surface area contributed by atoms with Crippen LogP contribution in [0.15, 0.2) is 24.5 Å². The van der Waals surface area contributed by atoms with Gasteiger partial charge in [0.1, 0.15) is 5.69 Å². The second-order valence-corrected chi connectivity index (χ2v) is 2.73. The summed E-state index contributed by atoms with van der Waals surface area (Å²) in [6.07, 6.45) is 2.55. The highest BCUT2D eigenvalue weighted by Gasteiger charge is 2.10. The fraction of sp³-hybridized carbons (Fsp3) is 0. The molecule has 15 heavy (non-hydrogen) atoms. The van der Waals surface area contributed by atoms with Crippen molar-refractivity contribution in [1.82, 2.24) is 20.0 Å². The third kappa shape index (κ3) is 1.66. The summed E-state index contributed by atoms with van der Waals surface area (Å²) in [5.74, 6) is -1.41. The number of halogens is 1. The lowest BCUT2D eigenvalue weighted by molar-refractivity contribution is 0.0995. The van der Waals surface area contributed by atoms with Gasteiger partial charge in [0.2, 0.25) is 5.95 Å². The molecule has 2 heterocycles. The number of nitrogens with two attached hydrogens (primary N) is 1. The Morgan fingerprint density at radius 3 is 2.93 bits per heavy atom. The Morgan fingerprint density at radius 1 is 1.53 bits per heavy atom. The first kappa shape index (κ1) is 9.25. The highest BCUT2D eigenvalue weighted by atomic mass is 19.1. The van der Waals surface area contributed by atoms with Crippen LogP contribution in [-0.4, -0.2) is 25.9 Å². The van der Waals surface area contributed by atoms with Crippen LogP contribution in [0.4, 0.5) is 4.39 Å². The first-order chi connectivity index (χ1) is 7.18. The van der Waals surface area contributed by atoms with Crippen LogP contribution in [0.5, 0.6) is 0 Å². The first-order valence-electron chi connectivity index (χ1n) is 4.01. The van der Waals surface area contributed by atoms with Gasteiger partial charge in [-0.1, -0.05) is 5.21 Å². The Kier molecular flexibility index (Phi) is 2.13. The summed E-state index contributed by atoms with van der Waals surface area (Å²) in [5, 5.41) is 7.03. The molecule has 0 aliphatic carbocycles. The fourth-order valence-corrected chi connectivity index (χ4v) is 1.04. The summed E-state index contributed by atoms with van der Waals surface area (Å²) in [6.45, 7) is 0. The van der Waals surface area contributed by atoms with E-state index < -0.39 is 11.9 Å². The number of carbonyl (C=O) groups is 1. The molecule has 0 fully saturated rings. The zero-order chi connectivity index (χ0) is 10.8. The Morgan fingerprint density at radius 2 is 2.33 bits per heavy atom. The number of hydrogen-bond donors (Lipinski definition) is 1. The topological polar surface area (TPSA) is 86.7 Å². The summed E-state index contributed by atoms with van der Waals surface area (Å²) in [6, 6.07) is 3.01. The van der Waals surface area contributed by atoms with Gasteiger partial charge in [-0.25, -0.2) is 9.67 Å². The lowest BCUT2D eigenvalue weighted by Gasteiger charge is -1.98. The van der Waals surface area contributed by atoms with Crippen LogP contribution in [0.1, 0.15) is 10.5 Å². The van der Waals surface area contributed by atoms with E-state index in [0.717, 1.165) is 4.68 Å². The smallest absolute Gasteiger partial charge is 0.270 e. The molecule has 2 aromatic rings. The van der Waals surface area contributed by atoms with Crippen molar-refractivity contribution in [2.24, 2.45) is 5.73 Å². The minimum absolute atomic E-state index is 0.0294. The van der Waals surface area contributed by atoms with Crippen LogP contribution in [0, 0.1) is 5.95 Å². The van der Waals surface area contributed by atoms with Gasteiger partial charge in [0.25, 0.3) is 5.91 Å². The summed E-state index contributed by atoms with van der Waals surface area (Å²) in [7, 11) is 0. The van der Waals surface area contributed by atoms with E-state index in [0.29, 0.717) is 0 Å². The van der Waals surface area contributed by atoms with Crippen LogP contribution >= 0.6 is 0 Å². The van der Waals surface area contributed by atoms with Crippen molar-refractivity contribution >= 4 is 5.91 Å². The van der Waals surface area contributed by atoms with E-state index in [1.807, 2.05) is 0 Å². The van der Waals surface area contributed by atoms with E-state index in [1.54, 1.807) is 6.07 Å². The molecule has 0 aliphatic heterocycles. The predicted octanol–water partition coefficient (Wildman–Crippen LogP) is -0.0997. The van der Waals surface area contributed by atoms with Gasteiger partial charge in [-0.2, -0.15) is 4.39 Å². The largest absolute Gasteiger partial charge is 0.364 e. The quantitative estimate of drug-likeness (QED) is 0.696. The summed E-state index contributed by atoms with van der Waals surface area (Å²) in [4.78, 5) is 14.2. The molecule has 1 amide bonds. The zero-order valence-electron chi connectivity index (χ0n) is 7.46. The number of aromatic nitrogens is 4. The van der Waals surface area contributed by atoms with Gasteiger partial charge in [-0.3, -0.25) is 4.79 Å². The molecule has 2 rings (SSSR count). The van der Waals surface area contributed by atoms with Crippen molar-refractivity contribution in [2.45, 2.75) is 0 Å². The van der Waals surface area contributed by atoms with Crippen molar-refractivity contribution in [3.8, 4) is 5.69 Å². The highest BCUT2D eigenvalue weighted by molar-refractivity contribution is 5.90. The molecule has 0 spiro atoms. The average Bonchev–Trinajstić information content (AvgIpc) is 2.67. The maximum atomic E-state index is 13.2. The van der Waals surface area contributed by atoms with E-state index >= 15 is 0 Å². The summed E-state index contributed by atoms with van der Waals surface area (Å²) >= 11 is 0. The lowest BCUT2D eigenvalue weighted by Crippen LogP contribution is -2.11. The van der Waals surface area contributed by atoms with Gasteiger partial charge < -0.3 is 5.73 Å². The second kappa shape index (κ2) is 3.45. The number of rotatable bonds is 2. The van der Waals surface area contributed by atoms with Crippen molar-refractivity contribution < 1.29 is 9.18 Å². The Balaban J connectivity index is 2.46. The van der Waals surface area contributed by atoms with Crippen LogP contribution in [0.25, 0.3) is 5.69 Å². The van der Waals surface area contributed by atoms with Crippen LogP contribution in [-0.2, 0) is 0 Å². The number of primary amides is 1. The first-order valence-corrected chi connectivity index (χ1v) is 4.01. The van der Waals surface area contributed by atoms with Gasteiger partial charge >= 0.3 is 0 Å². The SMILES string of the molecule is NC(=O)c1cn(-c2cccnc2F)nn1. The summed E-state index contributed by atoms with van der Waals surface area (Å²) in [5.41, 5.74) is 5.06. The van der Waals surface area contributed by atoms with E-state index in [4.69, 9.17) is 5.73 Å². The van der Waals surface area contributed by atoms with Crippen molar-refractivity contribution in [3.05, 3.63) is 36.2 Å². The second-order valence-electron chi connectivity index (χ2n) is 2.73. The Bertz CT molecular complexity index is 509. The van der Waals surface area contributed by atoms with E-state index in [1.165, 1.54) is 18.5 Å². The molecule has 7 heteroatoms. The minimum Gasteiger partial charge on any atom is -0.364 e. The predicted molar refractivity (Wildman–Crippen MR) is 47.6 cm³/mol. The Hall–Kier alpha value is -2.31. The van der Waals surface area contributed by atoms with Gasteiger partial charge in [0, 0.05) is 6.20 Å². The van der Waals surface area contributed by atoms with Gasteiger partial charge in [0.05, 0.1) is 6.20 Å². The van der Waals surface area contributed by atoms with Gasteiger partial charge in [-0.15, -0.1) is 5.10 Å². The van der Waals surface area contributed by atoms with E-state index in [2.05, 4.69) is 15.3 Å². The fourth-order valence-electron chi connectivity index (χ4n) is 1.04. The molecule has 6 nitrogen and oxygen atoms in total. The number of hydrogen-bond acceptors (Lipinski definition) is 4. The third-order valence-electron chi connectivity index (χ3n) is 1.73. The average molecular weight is 207 g/mol. The number of carbonyl (C=O) groups excluding carboxylic acids is 1. The molecule has 0 saturated carbocycles. The van der Waals surface area contributed by atoms with Crippen LogP contribution < -0.4 is 5.73 Å². The number of pyridine rings is 1. The zero-order valence-corrected chi connectivity index (χ0v) is 7.46. The maximum Gasteiger partial charge on any atom is 0.270 e. The molecule has 0 bridgehead atoms. The van der Waals surface area contributed by atoms with Crippen molar-refractivity contribution in [1.29, 1.82) is 0 Å². The molecule has 0 unspecified atom stereocenters. The maximum absolute atomic E-state index is 13.2.